The molecule has 0 aliphatic carbocycles. The maximum atomic E-state index is 12.0. The van der Waals surface area contributed by atoms with Crippen LogP contribution >= 0.6 is 11.8 Å². The number of thioether (sulfide) groups is 1. The zero-order chi connectivity index (χ0) is 14.4. The van der Waals surface area contributed by atoms with Crippen molar-refractivity contribution in [3.05, 3.63) is 35.8 Å². The summed E-state index contributed by atoms with van der Waals surface area (Å²) in [5.74, 6) is -1.71. The summed E-state index contributed by atoms with van der Waals surface area (Å²) in [5.41, 5.74) is 0. The molecule has 2 aromatic heterocycles. The molecule has 0 saturated heterocycles. The fraction of sp³-hybridized carbons (Fsp3) is 0.364. The van der Waals surface area contributed by atoms with Crippen molar-refractivity contribution >= 4 is 17.7 Å². The van der Waals surface area contributed by atoms with Gasteiger partial charge in [-0.25, -0.2) is 4.98 Å². The largest absolute Gasteiger partial charge is 0.455 e. The first kappa shape index (κ1) is 14.5. The lowest BCUT2D eigenvalue weighted by molar-refractivity contribution is 0.0925. The molecule has 0 saturated carbocycles. The van der Waals surface area contributed by atoms with Gasteiger partial charge in [-0.2, -0.15) is 13.9 Å². The average molecular weight is 302 g/mol. The molecule has 20 heavy (non-hydrogen) atoms. The summed E-state index contributed by atoms with van der Waals surface area (Å²) in [6.45, 7) is 0.371. The van der Waals surface area contributed by atoms with Gasteiger partial charge in [0.15, 0.2) is 5.76 Å². The first-order valence-corrected chi connectivity index (χ1v) is 6.81. The molecule has 0 spiro atoms. The van der Waals surface area contributed by atoms with Gasteiger partial charge in [0.05, 0.1) is 5.75 Å². The molecule has 108 valence electrons. The summed E-state index contributed by atoms with van der Waals surface area (Å²) in [7, 11) is 0. The SMILES string of the molecule is O=C(NCCc1ncn[nH]1)c1ccc(CSC(F)F)o1. The van der Waals surface area contributed by atoms with Crippen LogP contribution in [0.5, 0.6) is 0 Å². The molecule has 2 aromatic rings. The van der Waals surface area contributed by atoms with Crippen LogP contribution in [-0.4, -0.2) is 33.4 Å². The van der Waals surface area contributed by atoms with Crippen molar-refractivity contribution in [1.29, 1.82) is 0 Å². The Morgan fingerprint density at radius 2 is 2.35 bits per heavy atom. The van der Waals surface area contributed by atoms with Crippen molar-refractivity contribution < 1.29 is 18.0 Å². The van der Waals surface area contributed by atoms with E-state index in [1.807, 2.05) is 0 Å². The van der Waals surface area contributed by atoms with Gasteiger partial charge in [-0.05, 0) is 12.1 Å². The van der Waals surface area contributed by atoms with Crippen molar-refractivity contribution in [3.8, 4) is 0 Å². The monoisotopic (exact) mass is 302 g/mol. The van der Waals surface area contributed by atoms with Gasteiger partial charge in [-0.1, -0.05) is 11.8 Å². The van der Waals surface area contributed by atoms with E-state index in [1.165, 1.54) is 18.5 Å². The maximum absolute atomic E-state index is 12.0. The minimum absolute atomic E-state index is 0.0308. The number of hydrogen-bond donors (Lipinski definition) is 2. The molecular formula is C11H12F2N4O2S. The highest BCUT2D eigenvalue weighted by molar-refractivity contribution is 7.98. The smallest absolute Gasteiger partial charge is 0.287 e. The van der Waals surface area contributed by atoms with Crippen LogP contribution in [0, 0.1) is 0 Å². The van der Waals surface area contributed by atoms with Gasteiger partial charge in [0, 0.05) is 13.0 Å². The van der Waals surface area contributed by atoms with Crippen LogP contribution in [0.2, 0.25) is 0 Å². The number of amides is 1. The number of aromatic amines is 1. The summed E-state index contributed by atoms with van der Waals surface area (Å²) >= 11 is 0.447. The molecule has 0 unspecified atom stereocenters. The Bertz CT molecular complexity index is 544. The second-order valence-corrected chi connectivity index (χ2v) is 4.75. The third-order valence-corrected chi connectivity index (χ3v) is 3.05. The van der Waals surface area contributed by atoms with E-state index in [9.17, 15) is 13.6 Å². The second-order valence-electron chi connectivity index (χ2n) is 3.78. The Labute approximate surface area is 117 Å². The molecule has 2 rings (SSSR count). The molecule has 2 heterocycles. The highest BCUT2D eigenvalue weighted by Crippen LogP contribution is 2.21. The molecule has 1 amide bonds. The normalized spacial score (nSPS) is 10.9. The molecule has 0 bridgehead atoms. The summed E-state index contributed by atoms with van der Waals surface area (Å²) in [5, 5.41) is 9.00. The minimum Gasteiger partial charge on any atom is -0.455 e. The highest BCUT2D eigenvalue weighted by atomic mass is 32.2. The number of carbonyl (C=O) groups is 1. The van der Waals surface area contributed by atoms with Gasteiger partial charge in [0.2, 0.25) is 0 Å². The van der Waals surface area contributed by atoms with Gasteiger partial charge in [-0.3, -0.25) is 9.89 Å². The number of halogens is 2. The Balaban J connectivity index is 1.77. The zero-order valence-electron chi connectivity index (χ0n) is 10.3. The topological polar surface area (TPSA) is 83.8 Å². The third-order valence-electron chi connectivity index (χ3n) is 2.35. The first-order valence-electron chi connectivity index (χ1n) is 5.76. The van der Waals surface area contributed by atoms with Crippen LogP contribution < -0.4 is 5.32 Å². The molecule has 2 N–H and O–H groups in total. The van der Waals surface area contributed by atoms with E-state index in [2.05, 4.69) is 20.5 Å². The molecule has 0 radical (unpaired) electrons. The minimum atomic E-state index is -2.46. The van der Waals surface area contributed by atoms with Gasteiger partial charge in [-0.15, -0.1) is 0 Å². The number of H-pyrrole nitrogens is 1. The van der Waals surface area contributed by atoms with Gasteiger partial charge < -0.3 is 9.73 Å². The van der Waals surface area contributed by atoms with Crippen LogP contribution in [0.4, 0.5) is 8.78 Å². The van der Waals surface area contributed by atoms with Crippen LogP contribution in [0.25, 0.3) is 0 Å². The Morgan fingerprint density at radius 1 is 1.50 bits per heavy atom. The van der Waals surface area contributed by atoms with Crippen molar-refractivity contribution in [2.24, 2.45) is 0 Å². The van der Waals surface area contributed by atoms with E-state index in [0.717, 1.165) is 0 Å². The number of aromatic nitrogens is 3. The van der Waals surface area contributed by atoms with Crippen molar-refractivity contribution in [3.63, 3.8) is 0 Å². The molecule has 0 aromatic carbocycles. The number of hydrogen-bond acceptors (Lipinski definition) is 5. The Hall–Kier alpha value is -1.90. The fourth-order valence-electron chi connectivity index (χ4n) is 1.46. The Kier molecular flexibility index (Phi) is 5.10. The van der Waals surface area contributed by atoms with Gasteiger partial charge in [0.1, 0.15) is 17.9 Å². The number of rotatable bonds is 7. The standard InChI is InChI=1S/C11H12F2N4O2S/c12-11(13)20-5-7-1-2-8(19-7)10(18)14-4-3-9-15-6-16-17-9/h1-2,6,11H,3-5H2,(H,14,18)(H,15,16,17). The molecular weight excluding hydrogens is 290 g/mol. The highest BCUT2D eigenvalue weighted by Gasteiger charge is 2.12. The number of nitrogens with one attached hydrogen (secondary N) is 2. The van der Waals surface area contributed by atoms with Gasteiger partial charge >= 0.3 is 0 Å². The van der Waals surface area contributed by atoms with E-state index in [1.54, 1.807) is 0 Å². The molecule has 0 aliphatic rings. The van der Waals surface area contributed by atoms with E-state index in [0.29, 0.717) is 36.3 Å². The number of nitrogens with zero attached hydrogens (tertiary/aromatic N) is 2. The quantitative estimate of drug-likeness (QED) is 0.815. The molecule has 6 nitrogen and oxygen atoms in total. The lowest BCUT2D eigenvalue weighted by Crippen LogP contribution is -2.25. The number of carbonyl (C=O) groups excluding carboxylic acids is 1. The van der Waals surface area contributed by atoms with Crippen LogP contribution in [0.1, 0.15) is 22.1 Å². The predicted octanol–water partition coefficient (Wildman–Crippen LogP) is 1.83. The molecule has 0 fully saturated rings. The molecule has 0 aliphatic heterocycles. The Morgan fingerprint density at radius 3 is 3.05 bits per heavy atom. The van der Waals surface area contributed by atoms with Crippen LogP contribution in [0.15, 0.2) is 22.9 Å². The maximum Gasteiger partial charge on any atom is 0.287 e. The number of alkyl halides is 2. The zero-order valence-corrected chi connectivity index (χ0v) is 11.1. The van der Waals surface area contributed by atoms with Gasteiger partial charge in [0.25, 0.3) is 11.7 Å². The van der Waals surface area contributed by atoms with Crippen molar-refractivity contribution in [2.75, 3.05) is 6.54 Å². The number of furan rings is 1. The first-order chi connectivity index (χ1) is 9.65. The lowest BCUT2D eigenvalue weighted by atomic mass is 10.3. The van der Waals surface area contributed by atoms with Crippen molar-refractivity contribution in [1.82, 2.24) is 20.5 Å². The van der Waals surface area contributed by atoms with E-state index < -0.39 is 11.7 Å². The second kappa shape index (κ2) is 7.04. The average Bonchev–Trinajstić information content (AvgIpc) is 3.07. The summed E-state index contributed by atoms with van der Waals surface area (Å²) in [6.07, 6.45) is 1.90. The van der Waals surface area contributed by atoms with E-state index >= 15 is 0 Å². The molecule has 0 atom stereocenters. The molecule has 9 heteroatoms. The van der Waals surface area contributed by atoms with Crippen LogP contribution in [0.3, 0.4) is 0 Å². The summed E-state index contributed by atoms with van der Waals surface area (Å²) in [6, 6.07) is 2.98. The van der Waals surface area contributed by atoms with Crippen LogP contribution in [-0.2, 0) is 12.2 Å². The summed E-state index contributed by atoms with van der Waals surface area (Å²) < 4.78 is 29.2. The van der Waals surface area contributed by atoms with Crippen molar-refractivity contribution in [2.45, 2.75) is 17.9 Å². The lowest BCUT2D eigenvalue weighted by Gasteiger charge is -2.01. The van der Waals surface area contributed by atoms with E-state index in [4.69, 9.17) is 4.42 Å². The predicted molar refractivity (Wildman–Crippen MR) is 68.4 cm³/mol. The van der Waals surface area contributed by atoms with E-state index in [-0.39, 0.29) is 11.5 Å². The fourth-order valence-corrected chi connectivity index (χ4v) is 1.90. The third kappa shape index (κ3) is 4.34. The summed E-state index contributed by atoms with van der Waals surface area (Å²) in [4.78, 5) is 15.6.